The molecule has 2 aromatic rings. The van der Waals surface area contributed by atoms with Gasteiger partial charge in [-0.1, -0.05) is 17.7 Å². The highest BCUT2D eigenvalue weighted by Gasteiger charge is 2.29. The fraction of sp³-hybridized carbons (Fsp3) is 0.333. The fourth-order valence-electron chi connectivity index (χ4n) is 1.82. The summed E-state index contributed by atoms with van der Waals surface area (Å²) < 4.78 is 1.87. The highest BCUT2D eigenvalue weighted by molar-refractivity contribution is 5.37. The molecule has 1 heterocycles. The van der Waals surface area contributed by atoms with Crippen LogP contribution in [0.4, 0.5) is 5.95 Å². The van der Waals surface area contributed by atoms with Crippen molar-refractivity contribution in [3.63, 3.8) is 0 Å². The average Bonchev–Trinajstić information content (AvgIpc) is 3.04. The van der Waals surface area contributed by atoms with Crippen LogP contribution in [0.5, 0.6) is 0 Å². The zero-order chi connectivity index (χ0) is 11.1. The number of nitrogens with two attached hydrogens (primary N) is 1. The van der Waals surface area contributed by atoms with Crippen LogP contribution >= 0.6 is 0 Å². The van der Waals surface area contributed by atoms with E-state index in [1.807, 2.05) is 4.68 Å². The van der Waals surface area contributed by atoms with E-state index in [1.165, 1.54) is 18.4 Å². The Morgan fingerprint density at radius 1 is 1.25 bits per heavy atom. The molecule has 0 spiro atoms. The number of benzene rings is 1. The van der Waals surface area contributed by atoms with Gasteiger partial charge in [-0.2, -0.15) is 4.98 Å². The van der Waals surface area contributed by atoms with Gasteiger partial charge in [0, 0.05) is 5.92 Å². The Labute approximate surface area is 94.1 Å². The summed E-state index contributed by atoms with van der Waals surface area (Å²) in [5, 5.41) is 4.26. The van der Waals surface area contributed by atoms with Crippen LogP contribution in [0.3, 0.4) is 0 Å². The summed E-state index contributed by atoms with van der Waals surface area (Å²) in [5.41, 5.74) is 7.95. The van der Waals surface area contributed by atoms with Crippen LogP contribution in [0.15, 0.2) is 24.3 Å². The summed E-state index contributed by atoms with van der Waals surface area (Å²) in [6.45, 7) is 2.07. The molecule has 1 aromatic carbocycles. The van der Waals surface area contributed by atoms with Gasteiger partial charge in [0.25, 0.3) is 0 Å². The summed E-state index contributed by atoms with van der Waals surface area (Å²) in [6.07, 6.45) is 2.40. The second-order valence-electron chi connectivity index (χ2n) is 4.35. The second-order valence-corrected chi connectivity index (χ2v) is 4.35. The number of aryl methyl sites for hydroxylation is 1. The van der Waals surface area contributed by atoms with E-state index in [-0.39, 0.29) is 0 Å². The van der Waals surface area contributed by atoms with Gasteiger partial charge in [0.1, 0.15) is 5.82 Å². The molecule has 2 N–H and O–H groups in total. The van der Waals surface area contributed by atoms with E-state index in [0.29, 0.717) is 11.9 Å². The molecule has 4 nitrogen and oxygen atoms in total. The highest BCUT2D eigenvalue weighted by Crippen LogP contribution is 2.39. The Morgan fingerprint density at radius 2 is 1.94 bits per heavy atom. The molecule has 1 aliphatic carbocycles. The Morgan fingerprint density at radius 3 is 2.56 bits per heavy atom. The Bertz CT molecular complexity index is 508. The summed E-state index contributed by atoms with van der Waals surface area (Å²) in [7, 11) is 0. The van der Waals surface area contributed by atoms with Gasteiger partial charge >= 0.3 is 0 Å². The van der Waals surface area contributed by atoms with Crippen LogP contribution < -0.4 is 5.73 Å². The molecule has 0 radical (unpaired) electrons. The van der Waals surface area contributed by atoms with Gasteiger partial charge < -0.3 is 5.73 Å². The number of aromatic nitrogens is 3. The first-order chi connectivity index (χ1) is 7.74. The predicted molar refractivity (Wildman–Crippen MR) is 62.5 cm³/mol. The highest BCUT2D eigenvalue weighted by atomic mass is 15.4. The molecule has 0 amide bonds. The van der Waals surface area contributed by atoms with Crippen molar-refractivity contribution in [2.24, 2.45) is 0 Å². The molecule has 1 fully saturated rings. The molecule has 0 bridgehead atoms. The topological polar surface area (TPSA) is 56.7 Å². The van der Waals surface area contributed by atoms with E-state index < -0.39 is 0 Å². The maximum Gasteiger partial charge on any atom is 0.240 e. The molecular formula is C12H14N4. The summed E-state index contributed by atoms with van der Waals surface area (Å²) in [4.78, 5) is 4.30. The lowest BCUT2D eigenvalue weighted by atomic mass is 10.2. The number of nitrogen functional groups attached to an aromatic ring is 1. The maximum atomic E-state index is 5.67. The maximum absolute atomic E-state index is 5.67. The number of hydrogen-bond donors (Lipinski definition) is 1. The average molecular weight is 214 g/mol. The monoisotopic (exact) mass is 214 g/mol. The van der Waals surface area contributed by atoms with Crippen molar-refractivity contribution in [3.8, 4) is 5.69 Å². The van der Waals surface area contributed by atoms with Crippen molar-refractivity contribution in [2.45, 2.75) is 25.7 Å². The SMILES string of the molecule is Cc1ccc(-n2nc(N)nc2C2CC2)cc1. The largest absolute Gasteiger partial charge is 0.366 e. The van der Waals surface area contributed by atoms with Crippen LogP contribution in [0, 0.1) is 6.92 Å². The smallest absolute Gasteiger partial charge is 0.240 e. The lowest BCUT2D eigenvalue weighted by molar-refractivity contribution is 0.795. The van der Waals surface area contributed by atoms with E-state index >= 15 is 0 Å². The van der Waals surface area contributed by atoms with Crippen LogP contribution in [0.1, 0.15) is 30.1 Å². The van der Waals surface area contributed by atoms with Crippen molar-refractivity contribution in [1.82, 2.24) is 14.8 Å². The van der Waals surface area contributed by atoms with Crippen molar-refractivity contribution in [1.29, 1.82) is 0 Å². The van der Waals surface area contributed by atoms with Gasteiger partial charge in [0.2, 0.25) is 5.95 Å². The Hall–Kier alpha value is -1.84. The summed E-state index contributed by atoms with van der Waals surface area (Å²) in [6, 6.07) is 8.25. The van der Waals surface area contributed by atoms with Crippen LogP contribution in [-0.2, 0) is 0 Å². The van der Waals surface area contributed by atoms with E-state index in [2.05, 4.69) is 41.3 Å². The molecule has 16 heavy (non-hydrogen) atoms. The first kappa shape index (κ1) is 9.39. The molecule has 4 heteroatoms. The number of rotatable bonds is 2. The lowest BCUT2D eigenvalue weighted by Crippen LogP contribution is -2.01. The third-order valence-electron chi connectivity index (χ3n) is 2.87. The van der Waals surface area contributed by atoms with E-state index in [9.17, 15) is 0 Å². The minimum absolute atomic E-state index is 0.363. The Balaban J connectivity index is 2.07. The fourth-order valence-corrected chi connectivity index (χ4v) is 1.82. The van der Waals surface area contributed by atoms with Crippen LogP contribution in [0.2, 0.25) is 0 Å². The molecular weight excluding hydrogens is 200 g/mol. The molecule has 0 saturated heterocycles. The van der Waals surface area contributed by atoms with Crippen LogP contribution in [0.25, 0.3) is 5.69 Å². The Kier molecular flexibility index (Phi) is 1.96. The third-order valence-corrected chi connectivity index (χ3v) is 2.87. The molecule has 82 valence electrons. The third kappa shape index (κ3) is 1.56. The standard InChI is InChI=1S/C12H14N4/c1-8-2-6-10(7-3-8)16-11(9-4-5-9)14-12(13)15-16/h2-3,6-7,9H,4-5H2,1H3,(H2,13,15). The van der Waals surface area contributed by atoms with Crippen molar-refractivity contribution in [3.05, 3.63) is 35.7 Å². The first-order valence-electron chi connectivity index (χ1n) is 5.53. The number of anilines is 1. The molecule has 3 rings (SSSR count). The lowest BCUT2D eigenvalue weighted by Gasteiger charge is -2.04. The van der Waals surface area contributed by atoms with Crippen molar-refractivity contribution in [2.75, 3.05) is 5.73 Å². The van der Waals surface area contributed by atoms with Crippen molar-refractivity contribution >= 4 is 5.95 Å². The number of nitrogens with zero attached hydrogens (tertiary/aromatic N) is 3. The van der Waals surface area contributed by atoms with Gasteiger partial charge in [0.05, 0.1) is 5.69 Å². The van der Waals surface area contributed by atoms with Gasteiger partial charge in [-0.15, -0.1) is 5.10 Å². The summed E-state index contributed by atoms with van der Waals surface area (Å²) in [5.74, 6) is 1.91. The number of hydrogen-bond acceptors (Lipinski definition) is 3. The van der Waals surface area contributed by atoms with Gasteiger partial charge in [-0.25, -0.2) is 4.68 Å². The van der Waals surface area contributed by atoms with Gasteiger partial charge in [-0.05, 0) is 31.9 Å². The van der Waals surface area contributed by atoms with E-state index in [4.69, 9.17) is 5.73 Å². The summed E-state index contributed by atoms with van der Waals surface area (Å²) >= 11 is 0. The molecule has 0 atom stereocenters. The predicted octanol–water partition coefficient (Wildman–Crippen LogP) is 2.04. The minimum Gasteiger partial charge on any atom is -0.366 e. The quantitative estimate of drug-likeness (QED) is 0.832. The second kappa shape index (κ2) is 3.33. The molecule has 1 aliphatic rings. The van der Waals surface area contributed by atoms with E-state index in [1.54, 1.807) is 0 Å². The van der Waals surface area contributed by atoms with Gasteiger partial charge in [0.15, 0.2) is 0 Å². The van der Waals surface area contributed by atoms with Crippen molar-refractivity contribution < 1.29 is 0 Å². The van der Waals surface area contributed by atoms with E-state index in [0.717, 1.165) is 11.5 Å². The molecule has 0 aliphatic heterocycles. The molecule has 1 saturated carbocycles. The first-order valence-corrected chi connectivity index (χ1v) is 5.53. The van der Waals surface area contributed by atoms with Gasteiger partial charge in [-0.3, -0.25) is 0 Å². The molecule has 1 aromatic heterocycles. The minimum atomic E-state index is 0.363. The zero-order valence-electron chi connectivity index (χ0n) is 9.22. The molecule has 0 unspecified atom stereocenters. The van der Waals surface area contributed by atoms with Crippen LogP contribution in [-0.4, -0.2) is 14.8 Å². The normalized spacial score (nSPS) is 15.3. The zero-order valence-corrected chi connectivity index (χ0v) is 9.22.